The molecule has 1 aliphatic rings. The summed E-state index contributed by atoms with van der Waals surface area (Å²) in [5.41, 5.74) is 1.87. The van der Waals surface area contributed by atoms with E-state index in [4.69, 9.17) is 4.18 Å². The van der Waals surface area contributed by atoms with Gasteiger partial charge in [-0.15, -0.1) is 0 Å². The van der Waals surface area contributed by atoms with Crippen LogP contribution in [0, 0.1) is 0 Å². The van der Waals surface area contributed by atoms with Gasteiger partial charge in [0.05, 0.1) is 0 Å². The highest BCUT2D eigenvalue weighted by molar-refractivity contribution is 7.89. The van der Waals surface area contributed by atoms with Crippen molar-refractivity contribution in [3.05, 3.63) is 139 Å². The van der Waals surface area contributed by atoms with Crippen LogP contribution in [-0.4, -0.2) is 92.6 Å². The van der Waals surface area contributed by atoms with Gasteiger partial charge in [0.1, 0.15) is 11.8 Å². The predicted molar refractivity (Wildman–Crippen MR) is 203 cm³/mol. The number of carbonyl (C=O) groups is 1. The summed E-state index contributed by atoms with van der Waals surface area (Å²) in [6.45, 7) is 3.10. The number of sulfonamides is 1. The number of hydrogen-bond acceptors (Lipinski definition) is 9. The summed E-state index contributed by atoms with van der Waals surface area (Å²) in [6, 6.07) is 33.0. The van der Waals surface area contributed by atoms with Crippen LogP contribution in [0.4, 0.5) is 0 Å². The van der Waals surface area contributed by atoms with Gasteiger partial charge in [0.15, 0.2) is 5.03 Å². The molecule has 0 saturated carbocycles. The number of rotatable bonds is 12. The molecular weight excluding hydrogens is 711 g/mol. The van der Waals surface area contributed by atoms with Crippen molar-refractivity contribution in [1.29, 1.82) is 0 Å². The summed E-state index contributed by atoms with van der Waals surface area (Å²) in [5.74, 6) is -0.261. The fourth-order valence-electron chi connectivity index (χ4n) is 6.67. The molecule has 0 N–H and O–H groups in total. The molecule has 272 valence electrons. The zero-order valence-electron chi connectivity index (χ0n) is 29.2. The van der Waals surface area contributed by atoms with Gasteiger partial charge < -0.3 is 9.08 Å². The van der Waals surface area contributed by atoms with Gasteiger partial charge >= 0.3 is 10.1 Å². The lowest BCUT2D eigenvalue weighted by atomic mass is 10.0. The van der Waals surface area contributed by atoms with Gasteiger partial charge in [0, 0.05) is 62.9 Å². The minimum absolute atomic E-state index is 0.0332. The van der Waals surface area contributed by atoms with Crippen LogP contribution >= 0.6 is 0 Å². The van der Waals surface area contributed by atoms with E-state index < -0.39 is 26.2 Å². The van der Waals surface area contributed by atoms with Gasteiger partial charge in [0.25, 0.3) is 10.0 Å². The summed E-state index contributed by atoms with van der Waals surface area (Å²) in [6.07, 6.45) is 3.80. The number of piperazine rings is 1. The molecule has 6 aromatic rings. The SMILES string of the molecule is CN(C(Cc1ccc(OS(=O)(=O)c2nccc3ccccc23)cc1)C(=O)N1CCN(CCc2ccccc2)CC1)S(=O)(=O)c1nccc2ccccc12. The zero-order chi connectivity index (χ0) is 37.0. The van der Waals surface area contributed by atoms with E-state index in [-0.39, 0.29) is 28.1 Å². The lowest BCUT2D eigenvalue weighted by Crippen LogP contribution is -2.56. The fraction of sp³-hybridized carbons (Fsp3) is 0.225. The minimum Gasteiger partial charge on any atom is -0.378 e. The molecule has 1 atom stereocenters. The van der Waals surface area contributed by atoms with Gasteiger partial charge in [-0.3, -0.25) is 9.69 Å². The minimum atomic E-state index is -4.28. The Kier molecular flexibility index (Phi) is 10.5. The van der Waals surface area contributed by atoms with Crippen molar-refractivity contribution >= 4 is 47.6 Å². The second kappa shape index (κ2) is 15.4. The number of benzene rings is 4. The van der Waals surface area contributed by atoms with E-state index in [2.05, 4.69) is 27.0 Å². The van der Waals surface area contributed by atoms with Crippen LogP contribution in [0.15, 0.2) is 138 Å². The van der Waals surface area contributed by atoms with Crippen molar-refractivity contribution in [2.75, 3.05) is 39.8 Å². The third-order valence-electron chi connectivity index (χ3n) is 9.66. The van der Waals surface area contributed by atoms with Gasteiger partial charge in [-0.05, 0) is 59.0 Å². The summed E-state index contributed by atoms with van der Waals surface area (Å²) in [5, 5.41) is 2.01. The third kappa shape index (κ3) is 7.93. The molecule has 0 spiro atoms. The molecule has 53 heavy (non-hydrogen) atoms. The fourth-order valence-corrected chi connectivity index (χ4v) is 9.19. The predicted octanol–water partition coefficient (Wildman–Crippen LogP) is 5.17. The topological polar surface area (TPSA) is 130 Å². The van der Waals surface area contributed by atoms with Crippen LogP contribution < -0.4 is 4.18 Å². The van der Waals surface area contributed by atoms with E-state index in [1.165, 1.54) is 37.1 Å². The molecule has 1 fully saturated rings. The molecule has 0 radical (unpaired) electrons. The largest absolute Gasteiger partial charge is 0.378 e. The van der Waals surface area contributed by atoms with Crippen LogP contribution in [0.3, 0.4) is 0 Å². The van der Waals surface area contributed by atoms with Gasteiger partial charge in [-0.25, -0.2) is 18.4 Å². The Balaban J connectivity index is 1.12. The molecule has 0 bridgehead atoms. The molecule has 1 amide bonds. The lowest BCUT2D eigenvalue weighted by molar-refractivity contribution is -0.136. The summed E-state index contributed by atoms with van der Waals surface area (Å²) >= 11 is 0. The first-order chi connectivity index (χ1) is 25.6. The average Bonchev–Trinajstić information content (AvgIpc) is 3.19. The van der Waals surface area contributed by atoms with Crippen LogP contribution in [-0.2, 0) is 37.8 Å². The Morgan fingerprint density at radius 3 is 1.91 bits per heavy atom. The highest BCUT2D eigenvalue weighted by Crippen LogP contribution is 2.28. The number of carbonyl (C=O) groups excluding carboxylic acids is 1. The maximum absolute atomic E-state index is 14.4. The first kappa shape index (κ1) is 36.2. The maximum atomic E-state index is 14.4. The first-order valence-corrected chi connectivity index (χ1v) is 20.2. The number of fused-ring (bicyclic) bond motifs is 2. The molecule has 0 aliphatic carbocycles. The summed E-state index contributed by atoms with van der Waals surface area (Å²) in [7, 11) is -7.11. The van der Waals surface area contributed by atoms with Gasteiger partial charge in [-0.1, -0.05) is 91.0 Å². The molecule has 2 aromatic heterocycles. The number of hydrogen-bond donors (Lipinski definition) is 0. The quantitative estimate of drug-likeness (QED) is 0.156. The third-order valence-corrected chi connectivity index (χ3v) is 12.7. The molecule has 1 aliphatic heterocycles. The summed E-state index contributed by atoms with van der Waals surface area (Å²) in [4.78, 5) is 26.8. The van der Waals surface area contributed by atoms with Crippen LogP contribution in [0.5, 0.6) is 5.75 Å². The standard InChI is InChI=1S/C40H39N5O6S2/c1-43(52(47,48)38-35-13-7-5-11-32(35)19-22-41-38)37(40(46)45-27-25-44(26-28-45)24-21-30-9-3-2-4-10-30)29-31-15-17-34(18-16-31)51-53(49,50)39-36-14-8-6-12-33(36)20-23-42-39/h2-20,22-23,37H,21,24-29H2,1H3. The van der Waals surface area contributed by atoms with Crippen molar-refractivity contribution in [3.8, 4) is 5.75 Å². The average molecular weight is 750 g/mol. The Labute approximate surface area is 309 Å². The smallest absolute Gasteiger partial charge is 0.357 e. The Morgan fingerprint density at radius 2 is 1.26 bits per heavy atom. The Morgan fingerprint density at radius 1 is 0.698 bits per heavy atom. The Hall–Kier alpha value is -5.21. The van der Waals surface area contributed by atoms with Crippen molar-refractivity contribution in [2.45, 2.75) is 28.9 Å². The van der Waals surface area contributed by atoms with E-state index in [0.717, 1.165) is 17.3 Å². The molecule has 11 nitrogen and oxygen atoms in total. The first-order valence-electron chi connectivity index (χ1n) is 17.3. The maximum Gasteiger partial charge on any atom is 0.357 e. The summed E-state index contributed by atoms with van der Waals surface area (Å²) < 4.78 is 61.7. The van der Waals surface area contributed by atoms with E-state index in [1.54, 1.807) is 59.5 Å². The molecule has 4 aromatic carbocycles. The monoisotopic (exact) mass is 749 g/mol. The number of likely N-dealkylation sites (N-methyl/N-ethyl adjacent to an activating group) is 1. The molecule has 7 rings (SSSR count). The number of amides is 1. The van der Waals surface area contributed by atoms with Crippen LogP contribution in [0.25, 0.3) is 21.5 Å². The number of pyridine rings is 2. The molecule has 3 heterocycles. The van der Waals surface area contributed by atoms with Gasteiger partial charge in [0.2, 0.25) is 10.9 Å². The molecule has 1 saturated heterocycles. The second-order valence-corrected chi connectivity index (χ2v) is 16.4. The van der Waals surface area contributed by atoms with E-state index in [0.29, 0.717) is 53.3 Å². The zero-order valence-corrected chi connectivity index (χ0v) is 30.8. The molecule has 1 unspecified atom stereocenters. The second-order valence-electron chi connectivity index (χ2n) is 13.0. The van der Waals surface area contributed by atoms with E-state index >= 15 is 0 Å². The number of aromatic nitrogens is 2. The van der Waals surface area contributed by atoms with Crippen molar-refractivity contribution in [3.63, 3.8) is 0 Å². The normalized spacial score (nSPS) is 14.8. The van der Waals surface area contributed by atoms with Crippen molar-refractivity contribution < 1.29 is 25.8 Å². The lowest BCUT2D eigenvalue weighted by Gasteiger charge is -2.38. The van der Waals surface area contributed by atoms with Crippen LogP contribution in [0.2, 0.25) is 0 Å². The van der Waals surface area contributed by atoms with Gasteiger partial charge in [-0.2, -0.15) is 12.7 Å². The van der Waals surface area contributed by atoms with Crippen molar-refractivity contribution in [1.82, 2.24) is 24.1 Å². The molecule has 13 heteroatoms. The van der Waals surface area contributed by atoms with Crippen LogP contribution in [0.1, 0.15) is 11.1 Å². The Bertz CT molecular complexity index is 2450. The number of nitrogens with zero attached hydrogens (tertiary/aromatic N) is 5. The van der Waals surface area contributed by atoms with E-state index in [1.807, 2.05) is 36.4 Å². The molecular formula is C40H39N5O6S2. The highest BCUT2D eigenvalue weighted by atomic mass is 32.2. The van der Waals surface area contributed by atoms with E-state index in [9.17, 15) is 21.6 Å². The van der Waals surface area contributed by atoms with Crippen molar-refractivity contribution in [2.24, 2.45) is 0 Å². The highest BCUT2D eigenvalue weighted by Gasteiger charge is 2.38.